The van der Waals surface area contributed by atoms with Gasteiger partial charge in [-0.15, -0.1) is 0 Å². The molecule has 2 aromatic carbocycles. The number of barbiturate groups is 1. The standard InChI is InChI=1S/C22H13BrN2O6/c23-12-5-7-13(8-6-12)25-20(27)17(19(26)24-22(25)30)11-14-9-10-18(31-14)15-3-1-2-4-16(15)21(28)29/h1-11H,(H,28,29)(H,24,26,30). The largest absolute Gasteiger partial charge is 0.478 e. The van der Waals surface area contributed by atoms with Crippen LogP contribution in [0.15, 0.2) is 75.1 Å². The molecule has 3 aromatic rings. The summed E-state index contributed by atoms with van der Waals surface area (Å²) >= 11 is 3.28. The van der Waals surface area contributed by atoms with Crippen molar-refractivity contribution in [1.29, 1.82) is 0 Å². The second-order valence-corrected chi connectivity index (χ2v) is 7.40. The van der Waals surface area contributed by atoms with Crippen molar-refractivity contribution < 1.29 is 28.7 Å². The van der Waals surface area contributed by atoms with E-state index in [1.165, 1.54) is 24.3 Å². The first-order valence-electron chi connectivity index (χ1n) is 8.94. The lowest BCUT2D eigenvalue weighted by molar-refractivity contribution is -0.122. The summed E-state index contributed by atoms with van der Waals surface area (Å²) in [5.74, 6) is -2.36. The number of hydrogen-bond acceptors (Lipinski definition) is 5. The summed E-state index contributed by atoms with van der Waals surface area (Å²) in [5, 5.41) is 11.5. The first-order chi connectivity index (χ1) is 14.8. The number of benzene rings is 2. The number of halogens is 1. The van der Waals surface area contributed by atoms with Crippen LogP contribution in [-0.2, 0) is 9.59 Å². The van der Waals surface area contributed by atoms with E-state index in [2.05, 4.69) is 21.2 Å². The van der Waals surface area contributed by atoms with E-state index >= 15 is 0 Å². The van der Waals surface area contributed by atoms with Gasteiger partial charge in [0.15, 0.2) is 0 Å². The fraction of sp³-hybridized carbons (Fsp3) is 0. The molecule has 0 radical (unpaired) electrons. The third-order valence-corrected chi connectivity index (χ3v) is 5.05. The first-order valence-corrected chi connectivity index (χ1v) is 9.74. The van der Waals surface area contributed by atoms with Gasteiger partial charge in [-0.25, -0.2) is 14.5 Å². The van der Waals surface area contributed by atoms with Crippen molar-refractivity contribution in [3.63, 3.8) is 0 Å². The van der Waals surface area contributed by atoms with Crippen LogP contribution in [-0.4, -0.2) is 28.9 Å². The third-order valence-electron chi connectivity index (χ3n) is 4.52. The highest BCUT2D eigenvalue weighted by atomic mass is 79.9. The molecule has 4 amide bonds. The smallest absolute Gasteiger partial charge is 0.336 e. The molecule has 1 aliphatic heterocycles. The molecule has 0 unspecified atom stereocenters. The monoisotopic (exact) mass is 480 g/mol. The number of nitrogens with one attached hydrogen (secondary N) is 1. The SMILES string of the molecule is O=C1NC(=O)N(c2ccc(Br)cc2)C(=O)C1=Cc1ccc(-c2ccccc2C(=O)O)o1. The number of nitrogens with zero attached hydrogens (tertiary/aromatic N) is 1. The molecule has 0 spiro atoms. The Morgan fingerprint density at radius 1 is 1.00 bits per heavy atom. The molecule has 0 saturated carbocycles. The minimum atomic E-state index is -1.11. The Bertz CT molecular complexity index is 1260. The predicted molar refractivity (Wildman–Crippen MR) is 114 cm³/mol. The second-order valence-electron chi connectivity index (χ2n) is 6.49. The molecule has 0 bridgehead atoms. The van der Waals surface area contributed by atoms with Crippen LogP contribution in [0.25, 0.3) is 17.4 Å². The summed E-state index contributed by atoms with van der Waals surface area (Å²) in [5.41, 5.74) is 0.398. The summed E-state index contributed by atoms with van der Waals surface area (Å²) in [7, 11) is 0. The Morgan fingerprint density at radius 3 is 2.42 bits per heavy atom. The van der Waals surface area contributed by atoms with Crippen LogP contribution in [0, 0.1) is 0 Å². The fourth-order valence-electron chi connectivity index (χ4n) is 3.08. The quantitative estimate of drug-likeness (QED) is 0.429. The lowest BCUT2D eigenvalue weighted by Gasteiger charge is -2.26. The highest BCUT2D eigenvalue weighted by molar-refractivity contribution is 9.10. The highest BCUT2D eigenvalue weighted by Crippen LogP contribution is 2.28. The number of carbonyl (C=O) groups excluding carboxylic acids is 3. The van der Waals surface area contributed by atoms with Crippen LogP contribution >= 0.6 is 15.9 Å². The Balaban J connectivity index is 1.69. The van der Waals surface area contributed by atoms with Crippen LogP contribution in [0.5, 0.6) is 0 Å². The van der Waals surface area contributed by atoms with Gasteiger partial charge in [0.1, 0.15) is 17.1 Å². The van der Waals surface area contributed by atoms with E-state index in [4.69, 9.17) is 4.42 Å². The van der Waals surface area contributed by atoms with E-state index in [1.807, 2.05) is 0 Å². The minimum Gasteiger partial charge on any atom is -0.478 e. The van der Waals surface area contributed by atoms with Gasteiger partial charge < -0.3 is 9.52 Å². The van der Waals surface area contributed by atoms with E-state index in [0.29, 0.717) is 11.3 Å². The number of urea groups is 1. The van der Waals surface area contributed by atoms with Crippen molar-refractivity contribution in [1.82, 2.24) is 5.32 Å². The number of anilines is 1. The molecular formula is C22H13BrN2O6. The topological polar surface area (TPSA) is 117 Å². The lowest BCUT2D eigenvalue weighted by atomic mass is 10.1. The molecule has 8 nitrogen and oxygen atoms in total. The molecule has 1 saturated heterocycles. The Morgan fingerprint density at radius 2 is 1.71 bits per heavy atom. The zero-order valence-corrected chi connectivity index (χ0v) is 17.3. The van der Waals surface area contributed by atoms with Crippen molar-refractivity contribution in [2.45, 2.75) is 0 Å². The molecule has 2 heterocycles. The minimum absolute atomic E-state index is 0.0505. The zero-order valence-electron chi connectivity index (χ0n) is 15.7. The lowest BCUT2D eigenvalue weighted by Crippen LogP contribution is -2.54. The maximum Gasteiger partial charge on any atom is 0.336 e. The summed E-state index contributed by atoms with van der Waals surface area (Å²) in [4.78, 5) is 49.7. The molecule has 1 aliphatic rings. The normalized spacial score (nSPS) is 15.3. The number of rotatable bonds is 4. The third kappa shape index (κ3) is 3.90. The molecule has 0 atom stereocenters. The molecule has 154 valence electrons. The van der Waals surface area contributed by atoms with Crippen LogP contribution in [0.2, 0.25) is 0 Å². The van der Waals surface area contributed by atoms with Gasteiger partial charge in [-0.3, -0.25) is 14.9 Å². The van der Waals surface area contributed by atoms with E-state index in [1.54, 1.807) is 42.5 Å². The van der Waals surface area contributed by atoms with E-state index in [-0.39, 0.29) is 22.7 Å². The maximum atomic E-state index is 12.9. The van der Waals surface area contributed by atoms with E-state index in [9.17, 15) is 24.3 Å². The molecule has 4 rings (SSSR count). The number of furan rings is 1. The highest BCUT2D eigenvalue weighted by Gasteiger charge is 2.37. The first kappa shape index (κ1) is 20.3. The van der Waals surface area contributed by atoms with Gasteiger partial charge >= 0.3 is 12.0 Å². The number of carboxylic acids is 1. The molecule has 2 N–H and O–H groups in total. The zero-order chi connectivity index (χ0) is 22.1. The number of aromatic carboxylic acids is 1. The molecule has 9 heteroatoms. The number of imide groups is 2. The van der Waals surface area contributed by atoms with Crippen molar-refractivity contribution in [2.75, 3.05) is 4.90 Å². The second kappa shape index (κ2) is 8.04. The maximum absolute atomic E-state index is 12.9. The number of carbonyl (C=O) groups is 4. The van der Waals surface area contributed by atoms with E-state index < -0.39 is 23.8 Å². The number of amides is 4. The Labute approximate surface area is 183 Å². The Hall–Kier alpha value is -3.98. The fourth-order valence-corrected chi connectivity index (χ4v) is 3.35. The van der Waals surface area contributed by atoms with Crippen LogP contribution in [0.4, 0.5) is 10.5 Å². The van der Waals surface area contributed by atoms with Gasteiger partial charge in [-0.1, -0.05) is 34.1 Å². The van der Waals surface area contributed by atoms with Crippen molar-refractivity contribution >= 4 is 51.5 Å². The molecule has 0 aliphatic carbocycles. The molecule has 31 heavy (non-hydrogen) atoms. The Kier molecular flexibility index (Phi) is 5.26. The number of hydrogen-bond donors (Lipinski definition) is 2. The van der Waals surface area contributed by atoms with Crippen LogP contribution < -0.4 is 10.2 Å². The molecule has 1 aromatic heterocycles. The van der Waals surface area contributed by atoms with E-state index in [0.717, 1.165) is 9.37 Å². The van der Waals surface area contributed by atoms with Gasteiger partial charge in [0, 0.05) is 10.0 Å². The van der Waals surface area contributed by atoms with Gasteiger partial charge in [0.05, 0.1) is 11.3 Å². The summed E-state index contributed by atoms with van der Waals surface area (Å²) in [6.07, 6.45) is 1.21. The average molecular weight is 481 g/mol. The molecular weight excluding hydrogens is 468 g/mol. The van der Waals surface area contributed by atoms with Gasteiger partial charge in [-0.2, -0.15) is 0 Å². The summed E-state index contributed by atoms with van der Waals surface area (Å²) in [6, 6.07) is 14.9. The van der Waals surface area contributed by atoms with Crippen LogP contribution in [0.3, 0.4) is 0 Å². The number of carboxylic acid groups (broad SMARTS) is 1. The van der Waals surface area contributed by atoms with Gasteiger partial charge in [0.25, 0.3) is 11.8 Å². The van der Waals surface area contributed by atoms with Gasteiger partial charge in [0.2, 0.25) is 0 Å². The van der Waals surface area contributed by atoms with Crippen molar-refractivity contribution in [3.05, 3.63) is 82.0 Å². The van der Waals surface area contributed by atoms with Gasteiger partial charge in [-0.05, 0) is 48.5 Å². The molecule has 1 fully saturated rings. The summed E-state index contributed by atoms with van der Waals surface area (Å²) in [6.45, 7) is 0. The summed E-state index contributed by atoms with van der Waals surface area (Å²) < 4.78 is 6.42. The van der Waals surface area contributed by atoms with Crippen molar-refractivity contribution in [2.24, 2.45) is 0 Å². The van der Waals surface area contributed by atoms with Crippen LogP contribution in [0.1, 0.15) is 16.1 Å². The van der Waals surface area contributed by atoms with Crippen molar-refractivity contribution in [3.8, 4) is 11.3 Å². The predicted octanol–water partition coefficient (Wildman–Crippen LogP) is 4.07. The average Bonchev–Trinajstić information content (AvgIpc) is 3.21.